The number of hydrogen-bond donors (Lipinski definition) is 1. The van der Waals surface area contributed by atoms with Crippen LogP contribution in [0.15, 0.2) is 48.7 Å². The highest BCUT2D eigenvalue weighted by Crippen LogP contribution is 2.38. The van der Waals surface area contributed by atoms with Gasteiger partial charge >= 0.3 is 6.18 Å². The van der Waals surface area contributed by atoms with Gasteiger partial charge in [-0.15, -0.1) is 5.10 Å². The lowest BCUT2D eigenvalue weighted by Crippen LogP contribution is -2.43. The van der Waals surface area contributed by atoms with Gasteiger partial charge in [0.25, 0.3) is 5.91 Å². The standard InChI is InChI=1S/C22H17F3N6OS/c1-21(2)19(32)31(16-8-7-15(10-26)17(9-16)22(23,24)25)20(33)30(21)12-13-3-5-14(6-4-13)18-11-27-29-28-18/h3-9,11H,12H2,1-2H3,(H,27,28,29). The number of thiocarbonyl (C=S) groups is 1. The molecule has 0 atom stereocenters. The molecular formula is C22H17F3N6OS. The third-order valence-corrected chi connectivity index (χ3v) is 5.92. The van der Waals surface area contributed by atoms with E-state index in [4.69, 9.17) is 17.5 Å². The topological polar surface area (TPSA) is 88.9 Å². The molecule has 0 radical (unpaired) electrons. The first kappa shape index (κ1) is 22.4. The van der Waals surface area contributed by atoms with Gasteiger partial charge in [-0.05, 0) is 49.8 Å². The number of nitrogens with zero attached hydrogens (tertiary/aromatic N) is 5. The second-order valence-electron chi connectivity index (χ2n) is 7.96. The Morgan fingerprint density at radius 3 is 2.45 bits per heavy atom. The number of aromatic nitrogens is 3. The van der Waals surface area contributed by atoms with Gasteiger partial charge in [-0.25, -0.2) is 0 Å². The van der Waals surface area contributed by atoms with E-state index >= 15 is 0 Å². The van der Waals surface area contributed by atoms with Gasteiger partial charge in [-0.3, -0.25) is 14.8 Å². The summed E-state index contributed by atoms with van der Waals surface area (Å²) in [4.78, 5) is 16.0. The van der Waals surface area contributed by atoms with Gasteiger partial charge in [0.1, 0.15) is 11.2 Å². The van der Waals surface area contributed by atoms with Crippen LogP contribution in [-0.2, 0) is 17.5 Å². The molecule has 0 saturated carbocycles. The van der Waals surface area contributed by atoms with Gasteiger partial charge in [0.05, 0.1) is 22.9 Å². The maximum atomic E-state index is 13.4. The van der Waals surface area contributed by atoms with Crippen LogP contribution >= 0.6 is 12.2 Å². The van der Waals surface area contributed by atoms with Crippen molar-refractivity contribution < 1.29 is 18.0 Å². The molecule has 1 aromatic heterocycles. The number of anilines is 1. The molecule has 3 aromatic rings. The Morgan fingerprint density at radius 1 is 1.18 bits per heavy atom. The number of benzene rings is 2. The van der Waals surface area contributed by atoms with E-state index < -0.39 is 28.7 Å². The third kappa shape index (κ3) is 3.93. The van der Waals surface area contributed by atoms with Crippen molar-refractivity contribution in [2.24, 2.45) is 0 Å². The van der Waals surface area contributed by atoms with Gasteiger partial charge in [-0.1, -0.05) is 29.5 Å². The molecule has 0 aliphatic carbocycles. The molecule has 0 spiro atoms. The predicted octanol–water partition coefficient (Wildman–Crippen LogP) is 4.27. The van der Waals surface area contributed by atoms with Crippen molar-refractivity contribution in [3.05, 3.63) is 65.4 Å². The van der Waals surface area contributed by atoms with Crippen LogP contribution in [0.5, 0.6) is 0 Å². The summed E-state index contributed by atoms with van der Waals surface area (Å²) < 4.78 is 40.3. The minimum absolute atomic E-state index is 0.0340. The molecule has 33 heavy (non-hydrogen) atoms. The van der Waals surface area contributed by atoms with E-state index in [1.807, 2.05) is 24.3 Å². The highest BCUT2D eigenvalue weighted by molar-refractivity contribution is 7.80. The largest absolute Gasteiger partial charge is 0.417 e. The van der Waals surface area contributed by atoms with E-state index in [9.17, 15) is 18.0 Å². The molecule has 1 fully saturated rings. The maximum Gasteiger partial charge on any atom is 0.417 e. The number of hydrogen-bond acceptors (Lipinski definition) is 5. The van der Waals surface area contributed by atoms with Crippen molar-refractivity contribution in [1.29, 1.82) is 5.26 Å². The molecule has 1 amide bonds. The average Bonchev–Trinajstić information content (AvgIpc) is 3.36. The van der Waals surface area contributed by atoms with Crippen molar-refractivity contribution in [3.8, 4) is 17.3 Å². The Kier molecular flexibility index (Phi) is 5.41. The summed E-state index contributed by atoms with van der Waals surface area (Å²) in [5.74, 6) is -0.454. The minimum Gasteiger partial charge on any atom is -0.330 e. The summed E-state index contributed by atoms with van der Waals surface area (Å²) in [7, 11) is 0. The number of aromatic amines is 1. The van der Waals surface area contributed by atoms with Crippen LogP contribution in [-0.4, -0.2) is 36.9 Å². The van der Waals surface area contributed by atoms with Crippen LogP contribution in [0.25, 0.3) is 11.3 Å². The number of H-pyrrole nitrogens is 1. The van der Waals surface area contributed by atoms with Crippen LogP contribution in [0.2, 0.25) is 0 Å². The fraction of sp³-hybridized carbons (Fsp3) is 0.227. The summed E-state index contributed by atoms with van der Waals surface area (Å²) >= 11 is 5.52. The van der Waals surface area contributed by atoms with Gasteiger partial charge in [0.15, 0.2) is 5.11 Å². The molecule has 1 N–H and O–H groups in total. The SMILES string of the molecule is CC1(C)C(=O)N(c2ccc(C#N)c(C(F)(F)F)c2)C(=S)N1Cc1ccc(-c2c[nH]nn2)cc1. The first-order chi connectivity index (χ1) is 15.5. The zero-order valence-corrected chi connectivity index (χ0v) is 18.3. The molecular weight excluding hydrogens is 453 g/mol. The van der Waals surface area contributed by atoms with Gasteiger partial charge in [-0.2, -0.15) is 18.4 Å². The summed E-state index contributed by atoms with van der Waals surface area (Å²) in [6.45, 7) is 3.61. The molecule has 2 heterocycles. The van der Waals surface area contributed by atoms with Crippen LogP contribution in [0.3, 0.4) is 0 Å². The van der Waals surface area contributed by atoms with Crippen LogP contribution in [0, 0.1) is 11.3 Å². The second-order valence-corrected chi connectivity index (χ2v) is 8.33. The molecule has 1 aliphatic rings. The average molecular weight is 470 g/mol. The van der Waals surface area contributed by atoms with Crippen molar-refractivity contribution in [2.75, 3.05) is 4.90 Å². The molecule has 7 nitrogen and oxygen atoms in total. The summed E-state index contributed by atoms with van der Waals surface area (Å²) in [5.41, 5.74) is -0.373. The second kappa shape index (κ2) is 7.97. The van der Waals surface area contributed by atoms with E-state index in [1.54, 1.807) is 24.9 Å². The smallest absolute Gasteiger partial charge is 0.330 e. The Balaban J connectivity index is 1.64. The normalized spacial score (nSPS) is 15.8. The predicted molar refractivity (Wildman–Crippen MR) is 118 cm³/mol. The van der Waals surface area contributed by atoms with E-state index in [1.165, 1.54) is 12.1 Å². The molecule has 0 unspecified atom stereocenters. The van der Waals surface area contributed by atoms with Gasteiger partial charge < -0.3 is 4.90 Å². The monoisotopic (exact) mass is 470 g/mol. The number of amides is 1. The number of nitriles is 1. The van der Waals surface area contributed by atoms with Crippen molar-refractivity contribution in [3.63, 3.8) is 0 Å². The quantitative estimate of drug-likeness (QED) is 0.573. The number of rotatable bonds is 4. The summed E-state index contributed by atoms with van der Waals surface area (Å²) in [6.07, 6.45) is -3.08. The highest BCUT2D eigenvalue weighted by Gasteiger charge is 2.49. The molecule has 1 saturated heterocycles. The van der Waals surface area contributed by atoms with Crippen molar-refractivity contribution >= 4 is 28.9 Å². The Hall–Kier alpha value is -3.78. The lowest BCUT2D eigenvalue weighted by Gasteiger charge is -2.29. The molecule has 168 valence electrons. The summed E-state index contributed by atoms with van der Waals surface area (Å²) in [6, 6.07) is 12.1. The molecule has 2 aromatic carbocycles. The lowest BCUT2D eigenvalue weighted by molar-refractivity contribution is -0.137. The Bertz CT molecular complexity index is 1260. The van der Waals surface area contributed by atoms with Crippen LogP contribution in [0.1, 0.15) is 30.5 Å². The number of halogens is 3. The lowest BCUT2D eigenvalue weighted by atomic mass is 10.0. The number of carbonyl (C=O) groups excluding carboxylic acids is 1. The van der Waals surface area contributed by atoms with E-state index in [-0.39, 0.29) is 17.3 Å². The first-order valence-electron chi connectivity index (χ1n) is 9.77. The molecule has 11 heteroatoms. The number of alkyl halides is 3. The van der Waals surface area contributed by atoms with E-state index in [2.05, 4.69) is 15.4 Å². The van der Waals surface area contributed by atoms with Crippen molar-refractivity contribution in [1.82, 2.24) is 20.3 Å². The summed E-state index contributed by atoms with van der Waals surface area (Å²) in [5, 5.41) is 19.4. The third-order valence-electron chi connectivity index (χ3n) is 5.52. The van der Waals surface area contributed by atoms with Crippen molar-refractivity contribution in [2.45, 2.75) is 32.1 Å². The Morgan fingerprint density at radius 2 is 1.88 bits per heavy atom. The number of nitrogens with one attached hydrogen (secondary N) is 1. The van der Waals surface area contributed by atoms with E-state index in [0.717, 1.165) is 28.2 Å². The maximum absolute atomic E-state index is 13.4. The zero-order valence-electron chi connectivity index (χ0n) is 17.5. The van der Waals surface area contributed by atoms with Crippen LogP contribution < -0.4 is 4.90 Å². The minimum atomic E-state index is -4.74. The molecule has 0 bridgehead atoms. The van der Waals surface area contributed by atoms with Gasteiger partial charge in [0.2, 0.25) is 0 Å². The van der Waals surface area contributed by atoms with Gasteiger partial charge in [0, 0.05) is 18.3 Å². The fourth-order valence-corrected chi connectivity index (χ4v) is 4.12. The first-order valence-corrected chi connectivity index (χ1v) is 10.2. The fourth-order valence-electron chi connectivity index (χ4n) is 3.64. The highest BCUT2D eigenvalue weighted by atomic mass is 32.1. The molecule has 4 rings (SSSR count). The Labute approximate surface area is 192 Å². The van der Waals surface area contributed by atoms with E-state index in [0.29, 0.717) is 5.69 Å². The zero-order chi connectivity index (χ0) is 24.0. The van der Waals surface area contributed by atoms with Crippen LogP contribution in [0.4, 0.5) is 18.9 Å². The number of carbonyl (C=O) groups is 1. The molecule has 1 aliphatic heterocycles.